The van der Waals surface area contributed by atoms with Gasteiger partial charge in [0.25, 0.3) is 5.91 Å². The molecule has 23 heavy (non-hydrogen) atoms. The molecule has 0 saturated carbocycles. The molecule has 1 amide bonds. The van der Waals surface area contributed by atoms with E-state index in [0.717, 1.165) is 28.9 Å². The molecule has 0 radical (unpaired) electrons. The number of carbonyl (C=O) groups is 1. The van der Waals surface area contributed by atoms with Gasteiger partial charge in [-0.05, 0) is 43.0 Å². The standard InChI is InChI=1S/C18H20BrN3O/c1-13-4-3-7-22(12-13)17-8-14(10-20-11-17)18(23)21-16-6-2-5-15(19)9-16/h2,5-6,8-11,13H,3-4,7,12H2,1H3,(H,21,23). The molecule has 1 aromatic heterocycles. The van der Waals surface area contributed by atoms with Gasteiger partial charge in [-0.3, -0.25) is 9.78 Å². The van der Waals surface area contributed by atoms with Gasteiger partial charge in [-0.15, -0.1) is 0 Å². The molecule has 4 nitrogen and oxygen atoms in total. The van der Waals surface area contributed by atoms with Crippen LogP contribution < -0.4 is 10.2 Å². The van der Waals surface area contributed by atoms with Crippen molar-refractivity contribution in [2.24, 2.45) is 5.92 Å². The van der Waals surface area contributed by atoms with Crippen molar-refractivity contribution in [3.8, 4) is 0 Å². The van der Waals surface area contributed by atoms with E-state index in [0.29, 0.717) is 11.5 Å². The minimum atomic E-state index is -0.137. The lowest BCUT2D eigenvalue weighted by molar-refractivity contribution is 0.102. The van der Waals surface area contributed by atoms with Crippen molar-refractivity contribution in [3.63, 3.8) is 0 Å². The van der Waals surface area contributed by atoms with Crippen molar-refractivity contribution >= 4 is 33.2 Å². The first-order valence-electron chi connectivity index (χ1n) is 7.89. The average molecular weight is 374 g/mol. The molecular weight excluding hydrogens is 354 g/mol. The lowest BCUT2D eigenvalue weighted by Gasteiger charge is -2.32. The number of anilines is 2. The second-order valence-electron chi connectivity index (χ2n) is 6.09. The van der Waals surface area contributed by atoms with Gasteiger partial charge in [-0.25, -0.2) is 0 Å². The lowest BCUT2D eigenvalue weighted by Crippen LogP contribution is -2.34. The molecule has 2 heterocycles. The Kier molecular flexibility index (Phi) is 4.96. The number of hydrogen-bond acceptors (Lipinski definition) is 3. The highest BCUT2D eigenvalue weighted by Crippen LogP contribution is 2.23. The number of piperidine rings is 1. The van der Waals surface area contributed by atoms with E-state index in [1.807, 2.05) is 36.5 Å². The minimum absolute atomic E-state index is 0.137. The molecule has 2 aromatic rings. The van der Waals surface area contributed by atoms with Gasteiger partial charge in [0.1, 0.15) is 0 Å². The van der Waals surface area contributed by atoms with Gasteiger partial charge in [0.05, 0.1) is 17.4 Å². The zero-order chi connectivity index (χ0) is 16.2. The third-order valence-electron chi connectivity index (χ3n) is 4.09. The second kappa shape index (κ2) is 7.13. The van der Waals surface area contributed by atoms with Crippen LogP contribution in [0.5, 0.6) is 0 Å². The Morgan fingerprint density at radius 2 is 2.22 bits per heavy atom. The topological polar surface area (TPSA) is 45.2 Å². The number of aromatic nitrogens is 1. The zero-order valence-electron chi connectivity index (χ0n) is 13.1. The van der Waals surface area contributed by atoms with Crippen LogP contribution in [0.2, 0.25) is 0 Å². The van der Waals surface area contributed by atoms with Gasteiger partial charge >= 0.3 is 0 Å². The molecule has 0 spiro atoms. The molecule has 120 valence electrons. The molecule has 1 aliphatic heterocycles. The highest BCUT2D eigenvalue weighted by Gasteiger charge is 2.18. The fourth-order valence-electron chi connectivity index (χ4n) is 2.92. The number of pyridine rings is 1. The average Bonchev–Trinajstić information content (AvgIpc) is 2.55. The molecule has 1 atom stereocenters. The molecule has 1 aromatic carbocycles. The third kappa shape index (κ3) is 4.10. The molecule has 0 bridgehead atoms. The Bertz CT molecular complexity index is 704. The van der Waals surface area contributed by atoms with E-state index in [-0.39, 0.29) is 5.91 Å². The number of hydrogen-bond donors (Lipinski definition) is 1. The van der Waals surface area contributed by atoms with E-state index in [4.69, 9.17) is 0 Å². The van der Waals surface area contributed by atoms with E-state index < -0.39 is 0 Å². The molecule has 0 aliphatic carbocycles. The van der Waals surface area contributed by atoms with Crippen LogP contribution >= 0.6 is 15.9 Å². The Hall–Kier alpha value is -1.88. The number of carbonyl (C=O) groups excluding carboxylic acids is 1. The predicted molar refractivity (Wildman–Crippen MR) is 96.9 cm³/mol. The number of nitrogens with zero attached hydrogens (tertiary/aromatic N) is 2. The van der Waals surface area contributed by atoms with E-state index in [9.17, 15) is 4.79 Å². The fourth-order valence-corrected chi connectivity index (χ4v) is 3.32. The summed E-state index contributed by atoms with van der Waals surface area (Å²) in [6.45, 7) is 4.32. The predicted octanol–water partition coefficient (Wildman–Crippen LogP) is 4.33. The summed E-state index contributed by atoms with van der Waals surface area (Å²) in [6.07, 6.45) is 5.92. The normalized spacial score (nSPS) is 17.8. The van der Waals surface area contributed by atoms with Crippen molar-refractivity contribution in [3.05, 3.63) is 52.8 Å². The van der Waals surface area contributed by atoms with Gasteiger partial charge in [-0.1, -0.05) is 28.9 Å². The van der Waals surface area contributed by atoms with E-state index in [1.165, 1.54) is 12.8 Å². The Balaban J connectivity index is 1.75. The number of halogens is 1. The van der Waals surface area contributed by atoms with Crippen LogP contribution in [0.3, 0.4) is 0 Å². The summed E-state index contributed by atoms with van der Waals surface area (Å²) in [5.41, 5.74) is 2.38. The van der Waals surface area contributed by atoms with Gasteiger partial charge in [0, 0.05) is 29.4 Å². The molecule has 1 unspecified atom stereocenters. The second-order valence-corrected chi connectivity index (χ2v) is 7.01. The quantitative estimate of drug-likeness (QED) is 0.870. The van der Waals surface area contributed by atoms with Gasteiger partial charge < -0.3 is 10.2 Å². The van der Waals surface area contributed by atoms with E-state index >= 15 is 0 Å². The summed E-state index contributed by atoms with van der Waals surface area (Å²) in [7, 11) is 0. The van der Waals surface area contributed by atoms with Crippen LogP contribution in [-0.2, 0) is 0 Å². The Morgan fingerprint density at radius 3 is 3.00 bits per heavy atom. The molecule has 1 fully saturated rings. The minimum Gasteiger partial charge on any atom is -0.370 e. The summed E-state index contributed by atoms with van der Waals surface area (Å²) in [5.74, 6) is 0.547. The summed E-state index contributed by atoms with van der Waals surface area (Å²) in [4.78, 5) is 19.0. The summed E-state index contributed by atoms with van der Waals surface area (Å²) in [6, 6.07) is 9.49. The number of rotatable bonds is 3. The first kappa shape index (κ1) is 16.0. The van der Waals surface area contributed by atoms with Crippen LogP contribution in [0.1, 0.15) is 30.1 Å². The maximum Gasteiger partial charge on any atom is 0.257 e. The summed E-state index contributed by atoms with van der Waals surface area (Å²) < 4.78 is 0.935. The van der Waals surface area contributed by atoms with Crippen LogP contribution in [0.15, 0.2) is 47.2 Å². The zero-order valence-corrected chi connectivity index (χ0v) is 14.7. The smallest absolute Gasteiger partial charge is 0.257 e. The Labute approximate surface area is 145 Å². The molecule has 1 aliphatic rings. The van der Waals surface area contributed by atoms with Gasteiger partial charge in [0.15, 0.2) is 0 Å². The highest BCUT2D eigenvalue weighted by atomic mass is 79.9. The first-order chi connectivity index (χ1) is 11.1. The van der Waals surface area contributed by atoms with Crippen LogP contribution in [0.25, 0.3) is 0 Å². The fraction of sp³-hybridized carbons (Fsp3) is 0.333. The maximum atomic E-state index is 12.4. The summed E-state index contributed by atoms with van der Waals surface area (Å²) >= 11 is 3.41. The maximum absolute atomic E-state index is 12.4. The highest BCUT2D eigenvalue weighted by molar-refractivity contribution is 9.10. The molecule has 1 N–H and O–H groups in total. The lowest BCUT2D eigenvalue weighted by atomic mass is 10.00. The third-order valence-corrected chi connectivity index (χ3v) is 4.58. The Morgan fingerprint density at radius 1 is 1.35 bits per heavy atom. The van der Waals surface area contributed by atoms with E-state index in [1.54, 1.807) is 6.20 Å². The first-order valence-corrected chi connectivity index (χ1v) is 8.68. The van der Waals surface area contributed by atoms with Crippen molar-refractivity contribution in [2.45, 2.75) is 19.8 Å². The monoisotopic (exact) mass is 373 g/mol. The number of nitrogens with one attached hydrogen (secondary N) is 1. The van der Waals surface area contributed by atoms with Gasteiger partial charge in [0.2, 0.25) is 0 Å². The van der Waals surface area contributed by atoms with Gasteiger partial charge in [-0.2, -0.15) is 0 Å². The van der Waals surface area contributed by atoms with Crippen LogP contribution in [0.4, 0.5) is 11.4 Å². The van der Waals surface area contributed by atoms with Crippen molar-refractivity contribution in [1.29, 1.82) is 0 Å². The van der Waals surface area contributed by atoms with E-state index in [2.05, 4.69) is 38.1 Å². The largest absolute Gasteiger partial charge is 0.370 e. The number of amides is 1. The van der Waals surface area contributed by atoms with Crippen molar-refractivity contribution in [1.82, 2.24) is 4.98 Å². The molecule has 3 rings (SSSR count). The van der Waals surface area contributed by atoms with Crippen LogP contribution in [-0.4, -0.2) is 24.0 Å². The molecule has 5 heteroatoms. The molecular formula is C18H20BrN3O. The van der Waals surface area contributed by atoms with Crippen molar-refractivity contribution in [2.75, 3.05) is 23.3 Å². The molecule has 1 saturated heterocycles. The number of benzene rings is 1. The van der Waals surface area contributed by atoms with Crippen LogP contribution in [0, 0.1) is 5.92 Å². The summed E-state index contributed by atoms with van der Waals surface area (Å²) in [5, 5.41) is 2.91. The SMILES string of the molecule is CC1CCCN(c2cncc(C(=O)Nc3cccc(Br)c3)c2)C1. The van der Waals surface area contributed by atoms with Crippen molar-refractivity contribution < 1.29 is 4.79 Å².